The van der Waals surface area contributed by atoms with Crippen LogP contribution in [0.2, 0.25) is 0 Å². The van der Waals surface area contributed by atoms with Crippen LogP contribution in [0.25, 0.3) is 16.8 Å². The van der Waals surface area contributed by atoms with Crippen molar-refractivity contribution in [1.29, 1.82) is 0 Å². The predicted octanol–water partition coefficient (Wildman–Crippen LogP) is 3.35. The number of pyridine rings is 1. The third-order valence-electron chi connectivity index (χ3n) is 4.99. The molecule has 1 N–H and O–H groups in total. The van der Waals surface area contributed by atoms with Crippen molar-refractivity contribution in [2.75, 3.05) is 18.0 Å². The number of hydrogen-bond donors (Lipinski definition) is 1. The summed E-state index contributed by atoms with van der Waals surface area (Å²) < 4.78 is 22.0. The Balaban J connectivity index is 1.29. The van der Waals surface area contributed by atoms with Crippen LogP contribution >= 0.6 is 11.3 Å². The largest absolute Gasteiger partial charge is 0.442 e. The first-order chi connectivity index (χ1) is 15.1. The Morgan fingerprint density at radius 3 is 3.00 bits per heavy atom. The summed E-state index contributed by atoms with van der Waals surface area (Å²) in [7, 11) is 0. The molecule has 0 saturated carbocycles. The number of imidazole rings is 1. The van der Waals surface area contributed by atoms with Crippen LogP contribution in [-0.4, -0.2) is 45.6 Å². The minimum absolute atomic E-state index is 0.157. The maximum atomic E-state index is 14.9. The Bertz CT molecular complexity index is 1270. The molecule has 5 rings (SSSR count). The lowest BCUT2D eigenvalue weighted by Gasteiger charge is -2.14. The minimum Gasteiger partial charge on any atom is -0.442 e. The first kappa shape index (κ1) is 19.2. The van der Waals surface area contributed by atoms with Crippen LogP contribution in [0.5, 0.6) is 0 Å². The number of thiazole rings is 1. The zero-order chi connectivity index (χ0) is 21.4. The molecule has 4 aromatic rings. The summed E-state index contributed by atoms with van der Waals surface area (Å²) in [6, 6.07) is 8.21. The van der Waals surface area contributed by atoms with E-state index in [0.717, 1.165) is 0 Å². The smallest absolute Gasteiger partial charge is 0.414 e. The molecule has 3 aromatic heterocycles. The molecule has 0 radical (unpaired) electrons. The summed E-state index contributed by atoms with van der Waals surface area (Å²) in [5.74, 6) is -0.731. The first-order valence-corrected chi connectivity index (χ1v) is 10.3. The van der Waals surface area contributed by atoms with Crippen molar-refractivity contribution in [2.24, 2.45) is 0 Å². The van der Waals surface area contributed by atoms with Gasteiger partial charge in [-0.1, -0.05) is 0 Å². The van der Waals surface area contributed by atoms with Crippen molar-refractivity contribution in [3.05, 3.63) is 71.3 Å². The van der Waals surface area contributed by atoms with Gasteiger partial charge in [0, 0.05) is 24.2 Å². The second-order valence-electron chi connectivity index (χ2n) is 6.96. The van der Waals surface area contributed by atoms with Crippen LogP contribution < -0.4 is 10.2 Å². The molecule has 0 spiro atoms. The number of fused-ring (bicyclic) bond motifs is 1. The molecule has 1 saturated heterocycles. The molecule has 8 nitrogen and oxygen atoms in total. The summed E-state index contributed by atoms with van der Waals surface area (Å²) >= 11 is 1.23. The maximum Gasteiger partial charge on any atom is 0.414 e. The number of aromatic nitrogens is 3. The van der Waals surface area contributed by atoms with Gasteiger partial charge < -0.3 is 14.5 Å². The fourth-order valence-corrected chi connectivity index (χ4v) is 3.98. The molecule has 1 atom stereocenters. The number of rotatable bonds is 5. The standard InChI is InChI=1S/C21H16FN5O3S/c22-17-8-14(1-2-16(17)13-3-5-26-6-4-24-19(26)7-13)27-11-15(30-21(27)29)9-25-20(28)18-10-23-12-31-18/h1-8,10,12,15H,9,11H2,(H,25,28)/t15-/m0/s1. The summed E-state index contributed by atoms with van der Waals surface area (Å²) in [5.41, 5.74) is 3.78. The van der Waals surface area contributed by atoms with E-state index in [4.69, 9.17) is 4.74 Å². The molecule has 156 valence electrons. The molecule has 1 aliphatic rings. The SMILES string of the molecule is O=C(NC[C@H]1CN(c2ccc(-c3ccn4ccnc4c3)c(F)c2)C(=O)O1)c1cncs1. The normalized spacial score (nSPS) is 16.0. The third-order valence-corrected chi connectivity index (χ3v) is 5.77. The highest BCUT2D eigenvalue weighted by molar-refractivity contribution is 7.11. The van der Waals surface area contributed by atoms with E-state index >= 15 is 0 Å². The number of carbonyl (C=O) groups is 2. The number of ether oxygens (including phenoxy) is 1. The molecule has 0 aliphatic carbocycles. The van der Waals surface area contributed by atoms with E-state index in [0.29, 0.717) is 27.3 Å². The summed E-state index contributed by atoms with van der Waals surface area (Å²) in [6.45, 7) is 0.366. The van der Waals surface area contributed by atoms with Crippen LogP contribution in [0.4, 0.5) is 14.9 Å². The van der Waals surface area contributed by atoms with E-state index in [2.05, 4.69) is 15.3 Å². The van der Waals surface area contributed by atoms with Gasteiger partial charge in [-0.15, -0.1) is 11.3 Å². The zero-order valence-corrected chi connectivity index (χ0v) is 16.9. The number of amides is 2. The molecule has 31 heavy (non-hydrogen) atoms. The van der Waals surface area contributed by atoms with E-state index in [1.165, 1.54) is 28.5 Å². The molecule has 10 heteroatoms. The van der Waals surface area contributed by atoms with Gasteiger partial charge in [0.15, 0.2) is 0 Å². The predicted molar refractivity (Wildman–Crippen MR) is 113 cm³/mol. The number of anilines is 1. The van der Waals surface area contributed by atoms with Crippen molar-refractivity contribution in [3.63, 3.8) is 0 Å². The molecule has 0 bridgehead atoms. The van der Waals surface area contributed by atoms with Gasteiger partial charge in [0.1, 0.15) is 22.4 Å². The van der Waals surface area contributed by atoms with Gasteiger partial charge in [-0.25, -0.2) is 14.2 Å². The molecular formula is C21H16FN5O3S. The van der Waals surface area contributed by atoms with Gasteiger partial charge in [0.25, 0.3) is 5.91 Å². The fourth-order valence-electron chi connectivity index (χ4n) is 3.44. The quantitative estimate of drug-likeness (QED) is 0.517. The van der Waals surface area contributed by atoms with E-state index in [1.807, 2.05) is 16.8 Å². The summed E-state index contributed by atoms with van der Waals surface area (Å²) in [6.07, 6.45) is 5.66. The van der Waals surface area contributed by atoms with Gasteiger partial charge >= 0.3 is 6.09 Å². The topological polar surface area (TPSA) is 88.8 Å². The van der Waals surface area contributed by atoms with Gasteiger partial charge in [-0.2, -0.15) is 0 Å². The number of hydrogen-bond acceptors (Lipinski definition) is 6. The number of nitrogens with one attached hydrogen (secondary N) is 1. The lowest BCUT2D eigenvalue weighted by molar-refractivity contribution is 0.0920. The lowest BCUT2D eigenvalue weighted by atomic mass is 10.1. The average Bonchev–Trinajstić information content (AvgIpc) is 3.52. The maximum absolute atomic E-state index is 14.9. The van der Waals surface area contributed by atoms with Crippen molar-refractivity contribution in [3.8, 4) is 11.1 Å². The molecular weight excluding hydrogens is 421 g/mol. The highest BCUT2D eigenvalue weighted by atomic mass is 32.1. The fraction of sp³-hybridized carbons (Fsp3) is 0.143. The lowest BCUT2D eigenvalue weighted by Crippen LogP contribution is -2.34. The first-order valence-electron chi connectivity index (χ1n) is 9.46. The van der Waals surface area contributed by atoms with Crippen molar-refractivity contribution in [2.45, 2.75) is 6.10 Å². The van der Waals surface area contributed by atoms with Gasteiger partial charge in [-0.05, 0) is 35.9 Å². The molecule has 2 amide bonds. The third kappa shape index (κ3) is 3.73. The van der Waals surface area contributed by atoms with Crippen LogP contribution in [0, 0.1) is 5.82 Å². The monoisotopic (exact) mass is 437 g/mol. The molecule has 0 unspecified atom stereocenters. The number of carbonyl (C=O) groups excluding carboxylic acids is 2. The molecule has 1 aromatic carbocycles. The van der Waals surface area contributed by atoms with Crippen LogP contribution in [0.15, 0.2) is 60.6 Å². The molecule has 1 fully saturated rings. The second kappa shape index (κ2) is 7.80. The van der Waals surface area contributed by atoms with Crippen LogP contribution in [-0.2, 0) is 4.74 Å². The number of cyclic esters (lactones) is 1. The Morgan fingerprint density at radius 2 is 2.19 bits per heavy atom. The van der Waals surface area contributed by atoms with E-state index in [9.17, 15) is 14.0 Å². The van der Waals surface area contributed by atoms with E-state index < -0.39 is 18.0 Å². The van der Waals surface area contributed by atoms with Crippen molar-refractivity contribution >= 4 is 34.7 Å². The molecule has 1 aliphatic heterocycles. The summed E-state index contributed by atoms with van der Waals surface area (Å²) in [5, 5.41) is 2.72. The van der Waals surface area contributed by atoms with E-state index in [-0.39, 0.29) is 19.0 Å². The van der Waals surface area contributed by atoms with Gasteiger partial charge in [0.05, 0.1) is 30.5 Å². The number of nitrogens with zero attached hydrogens (tertiary/aromatic N) is 4. The Labute approximate surface area is 179 Å². The zero-order valence-electron chi connectivity index (χ0n) is 16.1. The second-order valence-corrected chi connectivity index (χ2v) is 7.85. The highest BCUT2D eigenvalue weighted by Gasteiger charge is 2.33. The molecule has 4 heterocycles. The Hall–Kier alpha value is -3.79. The van der Waals surface area contributed by atoms with Crippen molar-refractivity contribution < 1.29 is 18.7 Å². The average molecular weight is 437 g/mol. The summed E-state index contributed by atoms with van der Waals surface area (Å²) in [4.78, 5) is 34.2. The Morgan fingerprint density at radius 1 is 1.29 bits per heavy atom. The number of halogens is 1. The highest BCUT2D eigenvalue weighted by Crippen LogP contribution is 2.29. The van der Waals surface area contributed by atoms with Gasteiger partial charge in [0.2, 0.25) is 0 Å². The minimum atomic E-state index is -0.581. The van der Waals surface area contributed by atoms with Crippen LogP contribution in [0.3, 0.4) is 0 Å². The Kier molecular flexibility index (Phi) is 4.83. The van der Waals surface area contributed by atoms with Crippen molar-refractivity contribution in [1.82, 2.24) is 19.7 Å². The van der Waals surface area contributed by atoms with E-state index in [1.54, 1.807) is 36.0 Å². The van der Waals surface area contributed by atoms with Gasteiger partial charge in [-0.3, -0.25) is 14.7 Å². The number of benzene rings is 1. The van der Waals surface area contributed by atoms with Crippen LogP contribution in [0.1, 0.15) is 9.67 Å².